The van der Waals surface area contributed by atoms with E-state index in [0.717, 1.165) is 6.04 Å². The predicted octanol–water partition coefficient (Wildman–Crippen LogP) is 2.67. The van der Waals surface area contributed by atoms with Crippen molar-refractivity contribution in [1.29, 1.82) is 0 Å². The third-order valence-electron chi connectivity index (χ3n) is 3.72. The van der Waals surface area contributed by atoms with Crippen LogP contribution in [0.3, 0.4) is 0 Å². The molecule has 3 atom stereocenters. The van der Waals surface area contributed by atoms with Crippen molar-refractivity contribution in [3.05, 3.63) is 48.0 Å². The van der Waals surface area contributed by atoms with Gasteiger partial charge in [0, 0.05) is 11.5 Å². The summed E-state index contributed by atoms with van der Waals surface area (Å²) in [6, 6.07) is 12.2. The van der Waals surface area contributed by atoms with E-state index in [0.29, 0.717) is 12.0 Å². The Kier molecular flexibility index (Phi) is 3.45. The fourth-order valence-electron chi connectivity index (χ4n) is 2.78. The maximum Gasteiger partial charge on any atom is 0.118 e. The predicted molar refractivity (Wildman–Crippen MR) is 68.1 cm³/mol. The minimum absolute atomic E-state index is 0.572. The van der Waals surface area contributed by atoms with Crippen molar-refractivity contribution < 1.29 is 5.32 Å². The molecule has 0 unspecified atom stereocenters. The van der Waals surface area contributed by atoms with Crippen molar-refractivity contribution in [2.45, 2.75) is 38.8 Å². The Labute approximate surface area is 98.6 Å². The third-order valence-corrected chi connectivity index (χ3v) is 3.72. The summed E-state index contributed by atoms with van der Waals surface area (Å²) < 4.78 is 0. The summed E-state index contributed by atoms with van der Waals surface area (Å²) >= 11 is 0. The molecule has 1 fully saturated rings. The molecule has 0 aromatic heterocycles. The van der Waals surface area contributed by atoms with Crippen molar-refractivity contribution in [2.75, 3.05) is 0 Å². The number of piperidine rings is 1. The first-order valence-electron chi connectivity index (χ1n) is 6.24. The van der Waals surface area contributed by atoms with E-state index in [1.54, 1.807) is 0 Å². The standard InChI is InChI=1S/C15H21N/c1-11(2)14-10-9-12(3)16-15(14)13-7-5-4-6-8-13/h4-8,12,14-16H,1,9-10H2,2-3H3/p+1/t12-,14-,15+/m1/s1. The van der Waals surface area contributed by atoms with Crippen molar-refractivity contribution in [1.82, 2.24) is 0 Å². The fraction of sp³-hybridized carbons (Fsp3) is 0.467. The van der Waals surface area contributed by atoms with Gasteiger partial charge in [0.1, 0.15) is 6.04 Å². The second kappa shape index (κ2) is 4.84. The molecule has 1 saturated heterocycles. The first kappa shape index (κ1) is 11.4. The van der Waals surface area contributed by atoms with Crippen LogP contribution in [0.2, 0.25) is 0 Å². The van der Waals surface area contributed by atoms with Gasteiger partial charge in [0.25, 0.3) is 0 Å². The molecule has 0 bridgehead atoms. The van der Waals surface area contributed by atoms with Gasteiger partial charge in [-0.1, -0.05) is 42.5 Å². The Morgan fingerprint density at radius 2 is 1.94 bits per heavy atom. The highest BCUT2D eigenvalue weighted by atomic mass is 15.0. The number of hydrogen-bond donors (Lipinski definition) is 1. The van der Waals surface area contributed by atoms with Crippen LogP contribution in [0.25, 0.3) is 0 Å². The van der Waals surface area contributed by atoms with Gasteiger partial charge in [-0.05, 0) is 26.7 Å². The van der Waals surface area contributed by atoms with Crippen LogP contribution in [0, 0.1) is 5.92 Å². The van der Waals surface area contributed by atoms with Crippen LogP contribution in [-0.4, -0.2) is 6.04 Å². The topological polar surface area (TPSA) is 16.6 Å². The molecular weight excluding hydrogens is 194 g/mol. The van der Waals surface area contributed by atoms with Crippen LogP contribution < -0.4 is 5.32 Å². The van der Waals surface area contributed by atoms with Crippen LogP contribution >= 0.6 is 0 Å². The largest absolute Gasteiger partial charge is 0.337 e. The molecular formula is C15H22N+. The van der Waals surface area contributed by atoms with Gasteiger partial charge >= 0.3 is 0 Å². The molecule has 2 N–H and O–H groups in total. The molecule has 1 aromatic carbocycles. The van der Waals surface area contributed by atoms with E-state index >= 15 is 0 Å². The van der Waals surface area contributed by atoms with Gasteiger partial charge in [-0.3, -0.25) is 0 Å². The van der Waals surface area contributed by atoms with E-state index in [1.807, 2.05) is 0 Å². The molecule has 1 aliphatic heterocycles. The van der Waals surface area contributed by atoms with Crippen molar-refractivity contribution >= 4 is 0 Å². The summed E-state index contributed by atoms with van der Waals surface area (Å²) in [7, 11) is 0. The highest BCUT2D eigenvalue weighted by molar-refractivity contribution is 5.20. The lowest BCUT2D eigenvalue weighted by atomic mass is 9.80. The lowest BCUT2D eigenvalue weighted by Crippen LogP contribution is -2.92. The minimum Gasteiger partial charge on any atom is -0.337 e. The molecule has 2 rings (SSSR count). The molecule has 0 aliphatic carbocycles. The average molecular weight is 216 g/mol. The lowest BCUT2D eigenvalue weighted by Gasteiger charge is -2.33. The zero-order chi connectivity index (χ0) is 11.5. The van der Waals surface area contributed by atoms with Gasteiger partial charge in [-0.2, -0.15) is 0 Å². The summed E-state index contributed by atoms with van der Waals surface area (Å²) in [6.45, 7) is 8.65. The lowest BCUT2D eigenvalue weighted by molar-refractivity contribution is -0.739. The van der Waals surface area contributed by atoms with E-state index in [9.17, 15) is 0 Å². The second-order valence-corrected chi connectivity index (χ2v) is 5.14. The van der Waals surface area contributed by atoms with Crippen LogP contribution in [0.15, 0.2) is 42.5 Å². The maximum absolute atomic E-state index is 4.16. The molecule has 86 valence electrons. The van der Waals surface area contributed by atoms with Crippen molar-refractivity contribution in [3.63, 3.8) is 0 Å². The Hall–Kier alpha value is -1.08. The maximum atomic E-state index is 4.16. The quantitative estimate of drug-likeness (QED) is 0.732. The first-order valence-corrected chi connectivity index (χ1v) is 6.24. The molecule has 0 saturated carbocycles. The van der Waals surface area contributed by atoms with Gasteiger partial charge in [0.2, 0.25) is 0 Å². The number of rotatable bonds is 2. The first-order chi connectivity index (χ1) is 7.68. The molecule has 1 aromatic rings. The Balaban J connectivity index is 2.24. The summed E-state index contributed by atoms with van der Waals surface area (Å²) in [5, 5.41) is 2.51. The summed E-state index contributed by atoms with van der Waals surface area (Å²) in [4.78, 5) is 0. The van der Waals surface area contributed by atoms with E-state index < -0.39 is 0 Å². The van der Waals surface area contributed by atoms with Gasteiger partial charge in [0.05, 0.1) is 6.04 Å². The van der Waals surface area contributed by atoms with Gasteiger partial charge < -0.3 is 5.32 Å². The number of nitrogens with two attached hydrogens (primary N) is 1. The fourth-order valence-corrected chi connectivity index (χ4v) is 2.78. The van der Waals surface area contributed by atoms with Gasteiger partial charge in [-0.25, -0.2) is 0 Å². The monoisotopic (exact) mass is 216 g/mol. The number of quaternary nitrogens is 1. The zero-order valence-corrected chi connectivity index (χ0v) is 10.3. The highest BCUT2D eigenvalue weighted by Crippen LogP contribution is 2.31. The normalized spacial score (nSPS) is 30.0. The third kappa shape index (κ3) is 2.35. The summed E-state index contributed by atoms with van der Waals surface area (Å²) in [5.74, 6) is 0.638. The summed E-state index contributed by atoms with van der Waals surface area (Å²) in [5.41, 5.74) is 2.78. The average Bonchev–Trinajstić information content (AvgIpc) is 2.29. The molecule has 16 heavy (non-hydrogen) atoms. The Morgan fingerprint density at radius 1 is 1.25 bits per heavy atom. The minimum atomic E-state index is 0.572. The van der Waals surface area contributed by atoms with E-state index in [-0.39, 0.29) is 0 Å². The molecule has 0 spiro atoms. The summed E-state index contributed by atoms with van der Waals surface area (Å²) in [6.07, 6.45) is 2.59. The van der Waals surface area contributed by atoms with Crippen LogP contribution in [0.1, 0.15) is 38.3 Å². The smallest absolute Gasteiger partial charge is 0.118 e. The SMILES string of the molecule is C=C(C)[C@H]1CC[C@@H](C)[NH2+][C@H]1c1ccccc1. The van der Waals surface area contributed by atoms with E-state index in [4.69, 9.17) is 0 Å². The van der Waals surface area contributed by atoms with E-state index in [1.165, 1.54) is 24.0 Å². The Morgan fingerprint density at radius 3 is 2.56 bits per heavy atom. The number of hydrogen-bond acceptors (Lipinski definition) is 0. The van der Waals surface area contributed by atoms with Crippen LogP contribution in [-0.2, 0) is 0 Å². The number of benzene rings is 1. The molecule has 1 nitrogen and oxygen atoms in total. The van der Waals surface area contributed by atoms with Crippen molar-refractivity contribution in [2.24, 2.45) is 5.92 Å². The second-order valence-electron chi connectivity index (χ2n) is 5.14. The van der Waals surface area contributed by atoms with Gasteiger partial charge in [0.15, 0.2) is 0 Å². The van der Waals surface area contributed by atoms with Crippen LogP contribution in [0.4, 0.5) is 0 Å². The van der Waals surface area contributed by atoms with Gasteiger partial charge in [-0.15, -0.1) is 0 Å². The molecule has 1 heterocycles. The van der Waals surface area contributed by atoms with Crippen LogP contribution in [0.5, 0.6) is 0 Å². The Bertz CT molecular complexity index is 355. The molecule has 1 aliphatic rings. The molecule has 1 heteroatoms. The molecule has 0 amide bonds. The highest BCUT2D eigenvalue weighted by Gasteiger charge is 2.32. The zero-order valence-electron chi connectivity index (χ0n) is 10.3. The van der Waals surface area contributed by atoms with E-state index in [2.05, 4.69) is 56.1 Å². The molecule has 0 radical (unpaired) electrons. The van der Waals surface area contributed by atoms with Crippen molar-refractivity contribution in [3.8, 4) is 0 Å².